The van der Waals surface area contributed by atoms with E-state index in [4.69, 9.17) is 46.4 Å². The van der Waals surface area contributed by atoms with Crippen LogP contribution in [0.3, 0.4) is 0 Å². The highest BCUT2D eigenvalue weighted by atomic mass is 35.5. The molecule has 0 saturated heterocycles. The summed E-state index contributed by atoms with van der Waals surface area (Å²) in [6, 6.07) is 28.2. The van der Waals surface area contributed by atoms with Gasteiger partial charge in [-0.3, -0.25) is 0 Å². The van der Waals surface area contributed by atoms with E-state index in [1.54, 1.807) is 13.8 Å². The molecule has 0 heterocycles. The van der Waals surface area contributed by atoms with E-state index in [9.17, 15) is 10.2 Å². The Kier molecular flexibility index (Phi) is 6.60. The Hall–Kier alpha value is -1.26. The predicted molar refractivity (Wildman–Crippen MR) is 142 cm³/mol. The molecule has 1 fully saturated rings. The summed E-state index contributed by atoms with van der Waals surface area (Å²) >= 11 is 28.6. The van der Waals surface area contributed by atoms with Crippen molar-refractivity contribution in [1.82, 2.24) is 0 Å². The molecule has 1 aliphatic carbocycles. The summed E-state index contributed by atoms with van der Waals surface area (Å²) in [5, 5.41) is 24.0. The van der Waals surface area contributed by atoms with Crippen molar-refractivity contribution < 1.29 is 10.2 Å². The first-order valence-electron chi connectivity index (χ1n) is 11.2. The second kappa shape index (κ2) is 8.69. The molecule has 0 spiro atoms. The van der Waals surface area contributed by atoms with Gasteiger partial charge in [0.15, 0.2) is 4.33 Å². The van der Waals surface area contributed by atoms with Gasteiger partial charge in [0.1, 0.15) is 4.87 Å². The molecule has 0 radical (unpaired) electrons. The summed E-state index contributed by atoms with van der Waals surface area (Å²) in [6.07, 6.45) is 0. The van der Waals surface area contributed by atoms with Crippen LogP contribution < -0.4 is 0 Å². The zero-order valence-corrected chi connectivity index (χ0v) is 22.2. The highest BCUT2D eigenvalue weighted by molar-refractivity contribution is 6.57. The molecule has 3 aromatic carbocycles. The second-order valence-corrected chi connectivity index (χ2v) is 12.0. The second-order valence-electron chi connectivity index (χ2n) is 9.57. The van der Waals surface area contributed by atoms with Gasteiger partial charge in [0, 0.05) is 5.41 Å². The summed E-state index contributed by atoms with van der Waals surface area (Å²) in [7, 11) is 0. The van der Waals surface area contributed by atoms with Gasteiger partial charge in [0.05, 0.1) is 10.8 Å². The first kappa shape index (κ1) is 25.8. The Morgan fingerprint density at radius 2 is 1.03 bits per heavy atom. The maximum Gasteiger partial charge on any atom is 0.200 e. The van der Waals surface area contributed by atoms with Crippen molar-refractivity contribution >= 4 is 46.4 Å². The maximum atomic E-state index is 12.5. The lowest BCUT2D eigenvalue weighted by Gasteiger charge is -2.69. The molecule has 34 heavy (non-hydrogen) atoms. The van der Waals surface area contributed by atoms with Crippen molar-refractivity contribution in [2.75, 3.05) is 0 Å². The van der Waals surface area contributed by atoms with E-state index in [-0.39, 0.29) is 0 Å². The van der Waals surface area contributed by atoms with Gasteiger partial charge in [-0.15, -0.1) is 23.2 Å². The van der Waals surface area contributed by atoms with Crippen LogP contribution in [0.2, 0.25) is 0 Å². The monoisotopic (exact) mass is 536 g/mol. The van der Waals surface area contributed by atoms with Gasteiger partial charge in [-0.2, -0.15) is 0 Å². The third-order valence-electron chi connectivity index (χ3n) is 7.70. The van der Waals surface area contributed by atoms with Gasteiger partial charge in [-0.25, -0.2) is 0 Å². The van der Waals surface area contributed by atoms with Crippen LogP contribution in [0.15, 0.2) is 91.0 Å². The molecule has 4 rings (SSSR count). The molecule has 0 amide bonds. The quantitative estimate of drug-likeness (QED) is 0.277. The Morgan fingerprint density at radius 1 is 0.676 bits per heavy atom. The summed E-state index contributed by atoms with van der Waals surface area (Å²) in [4.78, 5) is -1.95. The van der Waals surface area contributed by atoms with Crippen LogP contribution in [0.5, 0.6) is 0 Å². The number of rotatable bonds is 4. The standard InChI is InChI=1S/C28H28Cl4O2/c1-19(2)26(30)27(31,32)23(29)24(3,20-13-7-4-8-14-20)25(28(26,33)34,21-15-9-5-10-16-21)22-17-11-6-12-18-22/h4-19,23,33-34H,1-3H3. The molecular formula is C28H28Cl4O2. The van der Waals surface area contributed by atoms with Crippen molar-refractivity contribution in [3.63, 3.8) is 0 Å². The topological polar surface area (TPSA) is 40.5 Å². The van der Waals surface area contributed by atoms with Crippen LogP contribution in [0, 0.1) is 5.92 Å². The van der Waals surface area contributed by atoms with Gasteiger partial charge < -0.3 is 10.2 Å². The molecule has 2 nitrogen and oxygen atoms in total. The fourth-order valence-electron chi connectivity index (χ4n) is 6.08. The van der Waals surface area contributed by atoms with Crippen LogP contribution >= 0.6 is 46.4 Å². The molecule has 0 aliphatic heterocycles. The first-order chi connectivity index (χ1) is 15.9. The van der Waals surface area contributed by atoms with Gasteiger partial charge in [-0.1, -0.05) is 135 Å². The van der Waals surface area contributed by atoms with Crippen LogP contribution in [0.25, 0.3) is 0 Å². The van der Waals surface area contributed by atoms with Crippen LogP contribution in [0.1, 0.15) is 37.5 Å². The summed E-state index contributed by atoms with van der Waals surface area (Å²) in [5.74, 6) is -3.22. The average Bonchev–Trinajstić information content (AvgIpc) is 2.84. The highest BCUT2D eigenvalue weighted by Gasteiger charge is 2.83. The van der Waals surface area contributed by atoms with Crippen LogP contribution in [-0.4, -0.2) is 30.6 Å². The minimum atomic E-state index is -2.65. The predicted octanol–water partition coefficient (Wildman–Crippen LogP) is 7.04. The zero-order valence-electron chi connectivity index (χ0n) is 19.2. The van der Waals surface area contributed by atoms with E-state index in [2.05, 4.69) is 0 Å². The van der Waals surface area contributed by atoms with E-state index in [1.807, 2.05) is 97.9 Å². The molecule has 0 aromatic heterocycles. The van der Waals surface area contributed by atoms with Crippen molar-refractivity contribution in [3.8, 4) is 0 Å². The zero-order chi connectivity index (χ0) is 25.0. The number of alkyl halides is 4. The van der Waals surface area contributed by atoms with Crippen molar-refractivity contribution in [3.05, 3.63) is 108 Å². The fourth-order valence-corrected chi connectivity index (χ4v) is 7.99. The molecule has 1 aliphatic rings. The third-order valence-corrected chi connectivity index (χ3v) is 10.9. The van der Waals surface area contributed by atoms with Crippen molar-refractivity contribution in [1.29, 1.82) is 0 Å². The normalized spacial score (nSPS) is 29.6. The van der Waals surface area contributed by atoms with Crippen molar-refractivity contribution in [2.24, 2.45) is 5.92 Å². The fraction of sp³-hybridized carbons (Fsp3) is 0.357. The van der Waals surface area contributed by atoms with Crippen LogP contribution in [0.4, 0.5) is 0 Å². The number of hydrogen-bond donors (Lipinski definition) is 2. The molecule has 1 saturated carbocycles. The highest BCUT2D eigenvalue weighted by Crippen LogP contribution is 2.72. The lowest BCUT2D eigenvalue weighted by molar-refractivity contribution is -0.269. The minimum absolute atomic E-state index is 0.562. The van der Waals surface area contributed by atoms with Crippen molar-refractivity contribution in [2.45, 2.75) is 52.0 Å². The summed E-state index contributed by atoms with van der Waals surface area (Å²) < 4.78 is -1.93. The molecule has 2 N–H and O–H groups in total. The van der Waals surface area contributed by atoms with Gasteiger partial charge in [0.2, 0.25) is 5.79 Å². The smallest absolute Gasteiger partial charge is 0.200 e. The Bertz CT molecular complexity index is 1100. The number of aliphatic hydroxyl groups is 2. The van der Waals surface area contributed by atoms with E-state index in [1.165, 1.54) is 0 Å². The summed E-state index contributed by atoms with van der Waals surface area (Å²) in [5.41, 5.74) is -0.757. The van der Waals surface area contributed by atoms with Crippen LogP contribution in [-0.2, 0) is 10.8 Å². The Labute approximate surface area is 221 Å². The molecule has 3 atom stereocenters. The summed E-state index contributed by atoms with van der Waals surface area (Å²) in [6.45, 7) is 5.42. The lowest BCUT2D eigenvalue weighted by atomic mass is 9.43. The molecular weight excluding hydrogens is 510 g/mol. The third kappa shape index (κ3) is 3.03. The Morgan fingerprint density at radius 3 is 1.38 bits per heavy atom. The molecule has 3 unspecified atom stereocenters. The van der Waals surface area contributed by atoms with E-state index < -0.39 is 37.1 Å². The largest absolute Gasteiger partial charge is 0.363 e. The minimum Gasteiger partial charge on any atom is -0.363 e. The SMILES string of the molecule is CC(C)C1(Cl)C(Cl)(Cl)C(Cl)C(C)(c2ccccc2)C(c2ccccc2)(c2ccccc2)C1(O)O. The molecule has 6 heteroatoms. The first-order valence-corrected chi connectivity index (χ1v) is 12.8. The molecule has 0 bridgehead atoms. The van der Waals surface area contributed by atoms with Gasteiger partial charge in [0.25, 0.3) is 0 Å². The maximum absolute atomic E-state index is 12.5. The number of hydrogen-bond acceptors (Lipinski definition) is 2. The van der Waals surface area contributed by atoms with E-state index in [0.29, 0.717) is 11.1 Å². The van der Waals surface area contributed by atoms with E-state index in [0.717, 1.165) is 5.56 Å². The van der Waals surface area contributed by atoms with Gasteiger partial charge in [-0.05, 0) is 22.6 Å². The lowest BCUT2D eigenvalue weighted by Crippen LogP contribution is -2.84. The molecule has 3 aromatic rings. The number of benzene rings is 3. The average molecular weight is 538 g/mol. The molecule has 180 valence electrons. The van der Waals surface area contributed by atoms with E-state index >= 15 is 0 Å². The number of halogens is 4. The Balaban J connectivity index is 2.29. The van der Waals surface area contributed by atoms with Gasteiger partial charge >= 0.3 is 0 Å².